The Morgan fingerprint density at radius 2 is 0.727 bits per heavy atom. The maximum Gasteiger partial charge on any atom is 0.167 e. The number of rotatable bonds is 6. The maximum absolute atomic E-state index is 4.81. The number of pyridine rings is 1. The number of aryl methyl sites for hydroxylation is 2. The summed E-state index contributed by atoms with van der Waals surface area (Å²) < 4.78 is 0. The summed E-state index contributed by atoms with van der Waals surface area (Å²) in [6.45, 7) is 4.10. The Bertz CT molecular complexity index is 1920. The van der Waals surface area contributed by atoms with Crippen LogP contribution >= 0.6 is 0 Å². The summed E-state index contributed by atoms with van der Waals surface area (Å²) in [6, 6.07) is 30.2. The molecule has 7 rings (SSSR count). The van der Waals surface area contributed by atoms with Gasteiger partial charge in [0.2, 0.25) is 0 Å². The van der Waals surface area contributed by atoms with E-state index in [0.717, 1.165) is 27.9 Å². The highest BCUT2D eigenvalue weighted by Gasteiger charge is 2.15. The number of hydrogen-bond acceptors (Lipinski definition) is 8. The normalized spacial score (nSPS) is 11.0. The number of benzene rings is 3. The van der Waals surface area contributed by atoms with Crippen molar-refractivity contribution in [2.45, 2.75) is 13.8 Å². The SMILES string of the molecule is Cc1ccc(-c2ncc(-c3nc(-c4ccc(-c5ccccc5)nc4)nc(-c4cnc(-c5ccc(C)cc5)nc4)n3)cn2)cc1. The van der Waals surface area contributed by atoms with Crippen LogP contribution in [0.25, 0.3) is 68.2 Å². The van der Waals surface area contributed by atoms with Crippen molar-refractivity contribution >= 4 is 0 Å². The predicted octanol–water partition coefficient (Wildman–Crippen LogP) is 7.47. The lowest BCUT2D eigenvalue weighted by atomic mass is 10.1. The molecule has 210 valence electrons. The van der Waals surface area contributed by atoms with E-state index in [1.807, 2.05) is 91.0 Å². The number of hydrogen-bond donors (Lipinski definition) is 0. The highest BCUT2D eigenvalue weighted by Crippen LogP contribution is 2.26. The largest absolute Gasteiger partial charge is 0.255 e. The average molecular weight is 571 g/mol. The van der Waals surface area contributed by atoms with Gasteiger partial charge in [-0.05, 0) is 26.0 Å². The summed E-state index contributed by atoms with van der Waals surface area (Å²) in [5.41, 5.74) is 8.22. The Morgan fingerprint density at radius 1 is 0.318 bits per heavy atom. The Morgan fingerprint density at radius 3 is 1.16 bits per heavy atom. The lowest BCUT2D eigenvalue weighted by Gasteiger charge is -2.09. The van der Waals surface area contributed by atoms with E-state index in [2.05, 4.69) is 38.8 Å². The fraction of sp³-hybridized carbons (Fsp3) is 0.0556. The van der Waals surface area contributed by atoms with Crippen LogP contribution in [-0.2, 0) is 0 Å². The second kappa shape index (κ2) is 11.7. The van der Waals surface area contributed by atoms with Gasteiger partial charge in [-0.3, -0.25) is 4.98 Å². The van der Waals surface area contributed by atoms with Gasteiger partial charge in [0, 0.05) is 53.2 Å². The Kier molecular flexibility index (Phi) is 7.14. The molecule has 0 saturated heterocycles. The first kappa shape index (κ1) is 26.9. The van der Waals surface area contributed by atoms with E-state index < -0.39 is 0 Å². The lowest BCUT2D eigenvalue weighted by molar-refractivity contribution is 1.05. The molecule has 0 atom stereocenters. The fourth-order valence-corrected chi connectivity index (χ4v) is 4.66. The molecule has 4 heterocycles. The molecule has 0 spiro atoms. The minimum absolute atomic E-state index is 0.440. The summed E-state index contributed by atoms with van der Waals surface area (Å²) in [7, 11) is 0. The predicted molar refractivity (Wildman–Crippen MR) is 171 cm³/mol. The zero-order chi connectivity index (χ0) is 29.9. The molecular formula is C36H26N8. The molecule has 0 N–H and O–H groups in total. The quantitative estimate of drug-likeness (QED) is 0.203. The van der Waals surface area contributed by atoms with Gasteiger partial charge >= 0.3 is 0 Å². The van der Waals surface area contributed by atoms with Crippen LogP contribution in [-0.4, -0.2) is 39.9 Å². The van der Waals surface area contributed by atoms with Gasteiger partial charge in [-0.15, -0.1) is 0 Å². The van der Waals surface area contributed by atoms with Crippen LogP contribution in [0.1, 0.15) is 11.1 Å². The summed E-state index contributed by atoms with van der Waals surface area (Å²) in [6.07, 6.45) is 8.72. The molecule has 0 saturated carbocycles. The minimum Gasteiger partial charge on any atom is -0.255 e. The molecule has 0 aliphatic rings. The Balaban J connectivity index is 1.27. The van der Waals surface area contributed by atoms with E-state index in [9.17, 15) is 0 Å². The highest BCUT2D eigenvalue weighted by molar-refractivity contribution is 5.68. The molecule has 8 nitrogen and oxygen atoms in total. The molecular weight excluding hydrogens is 544 g/mol. The van der Waals surface area contributed by atoms with E-state index in [1.165, 1.54) is 11.1 Å². The molecule has 0 unspecified atom stereocenters. The topological polar surface area (TPSA) is 103 Å². The Labute approximate surface area is 254 Å². The van der Waals surface area contributed by atoms with Gasteiger partial charge in [-0.1, -0.05) is 90.0 Å². The van der Waals surface area contributed by atoms with Gasteiger partial charge in [-0.2, -0.15) is 0 Å². The smallest absolute Gasteiger partial charge is 0.167 e. The van der Waals surface area contributed by atoms with Gasteiger partial charge in [0.25, 0.3) is 0 Å². The van der Waals surface area contributed by atoms with Gasteiger partial charge in [0.15, 0.2) is 29.1 Å². The van der Waals surface area contributed by atoms with E-state index in [-0.39, 0.29) is 0 Å². The van der Waals surface area contributed by atoms with Crippen LogP contribution in [0.4, 0.5) is 0 Å². The second-order valence-corrected chi connectivity index (χ2v) is 10.4. The van der Waals surface area contributed by atoms with Gasteiger partial charge in [0.1, 0.15) is 0 Å². The monoisotopic (exact) mass is 570 g/mol. The third kappa shape index (κ3) is 5.69. The van der Waals surface area contributed by atoms with Crippen molar-refractivity contribution in [1.82, 2.24) is 39.9 Å². The van der Waals surface area contributed by atoms with Crippen LogP contribution in [0.3, 0.4) is 0 Å². The van der Waals surface area contributed by atoms with E-state index >= 15 is 0 Å². The summed E-state index contributed by atoms with van der Waals surface area (Å²) in [4.78, 5) is 37.5. The molecule has 0 fully saturated rings. The molecule has 0 aliphatic carbocycles. The van der Waals surface area contributed by atoms with Crippen molar-refractivity contribution in [3.8, 4) is 68.2 Å². The van der Waals surface area contributed by atoms with Crippen LogP contribution in [0.2, 0.25) is 0 Å². The van der Waals surface area contributed by atoms with E-state index in [1.54, 1.807) is 31.0 Å². The first-order valence-electron chi connectivity index (χ1n) is 14.2. The molecule has 3 aromatic carbocycles. The zero-order valence-electron chi connectivity index (χ0n) is 24.1. The van der Waals surface area contributed by atoms with Crippen molar-refractivity contribution in [2.75, 3.05) is 0 Å². The molecule has 0 bridgehead atoms. The molecule has 44 heavy (non-hydrogen) atoms. The van der Waals surface area contributed by atoms with Crippen molar-refractivity contribution < 1.29 is 0 Å². The van der Waals surface area contributed by atoms with E-state index in [0.29, 0.717) is 40.2 Å². The van der Waals surface area contributed by atoms with Gasteiger partial charge in [0.05, 0.1) is 16.8 Å². The summed E-state index contributed by atoms with van der Waals surface area (Å²) >= 11 is 0. The molecule has 7 aromatic rings. The van der Waals surface area contributed by atoms with Crippen molar-refractivity contribution in [3.05, 3.63) is 133 Å². The first-order chi connectivity index (χ1) is 21.6. The molecule has 8 heteroatoms. The van der Waals surface area contributed by atoms with Crippen molar-refractivity contribution in [1.29, 1.82) is 0 Å². The minimum atomic E-state index is 0.440. The molecule has 4 aromatic heterocycles. The van der Waals surface area contributed by atoms with Gasteiger partial charge in [-0.25, -0.2) is 34.9 Å². The van der Waals surface area contributed by atoms with Crippen LogP contribution in [0.5, 0.6) is 0 Å². The molecule has 0 amide bonds. The maximum atomic E-state index is 4.81. The lowest BCUT2D eigenvalue weighted by Crippen LogP contribution is -2.02. The standard InChI is InChI=1S/C36H26N8/c1-23-8-12-26(13-9-23)32-38-19-29(20-39-32)35-42-34(28-16-17-31(37-18-28)25-6-4-3-5-7-25)43-36(44-35)30-21-40-33(41-22-30)27-14-10-24(2)11-15-27/h3-22H,1-2H3. The first-order valence-corrected chi connectivity index (χ1v) is 14.2. The summed E-state index contributed by atoms with van der Waals surface area (Å²) in [5, 5.41) is 0. The van der Waals surface area contributed by atoms with Crippen molar-refractivity contribution in [2.24, 2.45) is 0 Å². The third-order valence-electron chi connectivity index (χ3n) is 7.17. The highest BCUT2D eigenvalue weighted by atomic mass is 15.0. The second-order valence-electron chi connectivity index (χ2n) is 10.4. The van der Waals surface area contributed by atoms with E-state index in [4.69, 9.17) is 15.0 Å². The Hall–Kier alpha value is -6.02. The van der Waals surface area contributed by atoms with Crippen molar-refractivity contribution in [3.63, 3.8) is 0 Å². The number of aromatic nitrogens is 8. The zero-order valence-corrected chi connectivity index (χ0v) is 24.1. The third-order valence-corrected chi connectivity index (χ3v) is 7.17. The van der Waals surface area contributed by atoms with Crippen LogP contribution in [0.15, 0.2) is 122 Å². The average Bonchev–Trinajstić information content (AvgIpc) is 3.09. The summed E-state index contributed by atoms with van der Waals surface area (Å²) in [5.74, 6) is 2.61. The van der Waals surface area contributed by atoms with Gasteiger partial charge < -0.3 is 0 Å². The number of nitrogens with zero attached hydrogens (tertiary/aromatic N) is 8. The molecule has 0 aliphatic heterocycles. The van der Waals surface area contributed by atoms with Crippen LogP contribution < -0.4 is 0 Å². The van der Waals surface area contributed by atoms with Crippen LogP contribution in [0, 0.1) is 13.8 Å². The molecule has 0 radical (unpaired) electrons. The fourth-order valence-electron chi connectivity index (χ4n) is 4.66.